The minimum atomic E-state index is -4.49. The van der Waals surface area contributed by atoms with E-state index in [1.165, 1.54) is 37.1 Å². The molecule has 1 heterocycles. The molecule has 1 N–H and O–H groups in total. The van der Waals surface area contributed by atoms with Crippen LogP contribution in [0.3, 0.4) is 0 Å². The number of non-ortho nitro benzene ring substituents is 1. The van der Waals surface area contributed by atoms with E-state index in [0.29, 0.717) is 13.6 Å². The minimum Gasteiger partial charge on any atom is -0.480 e. The second-order valence-corrected chi connectivity index (χ2v) is 13.3. The van der Waals surface area contributed by atoms with Gasteiger partial charge in [-0.3, -0.25) is 15.5 Å². The Bertz CT molecular complexity index is 1460. The third-order valence-electron chi connectivity index (χ3n) is 4.24. The molecule has 0 saturated carbocycles. The number of nitro benzene ring substituents is 1. The van der Waals surface area contributed by atoms with E-state index in [4.69, 9.17) is 10.1 Å². The van der Waals surface area contributed by atoms with Gasteiger partial charge in [-0.1, -0.05) is 25.8 Å². The summed E-state index contributed by atoms with van der Waals surface area (Å²) < 4.78 is 50.7. The zero-order chi connectivity index (χ0) is 24.4. The van der Waals surface area contributed by atoms with Crippen LogP contribution in [0.2, 0.25) is 0 Å². The highest BCUT2D eigenvalue weighted by Crippen LogP contribution is 2.40. The fourth-order valence-corrected chi connectivity index (χ4v) is 9.83. The second kappa shape index (κ2) is 9.93. The Balaban J connectivity index is 2.33. The lowest BCUT2D eigenvalue weighted by Crippen LogP contribution is -2.08. The molecule has 0 aliphatic rings. The first-order valence-corrected chi connectivity index (χ1v) is 14.6. The van der Waals surface area contributed by atoms with E-state index in [1.54, 1.807) is 18.4 Å². The number of methoxy groups -OCH3 is 1. The molecule has 1 atom stereocenters. The normalized spacial score (nSPS) is 13.2. The lowest BCUT2D eigenvalue weighted by molar-refractivity contribution is -0.384. The number of thioether (sulfide) groups is 1. The zero-order valence-corrected chi connectivity index (χ0v) is 21.9. The van der Waals surface area contributed by atoms with E-state index in [0.717, 1.165) is 35.6 Å². The molecule has 3 aromatic rings. The van der Waals surface area contributed by atoms with Gasteiger partial charge in [-0.25, -0.2) is 4.21 Å². The van der Waals surface area contributed by atoms with Crippen molar-refractivity contribution in [2.45, 2.75) is 18.9 Å². The SMILES string of the molecule is COC(=N)c1cc(S(=O)(=NS(=O)(=O)c2ccc([N+](=O)[O-])cc2)c2cccc(Br)c2)c(SC)s1. The van der Waals surface area contributed by atoms with Crippen LogP contribution in [0, 0.1) is 15.5 Å². The van der Waals surface area contributed by atoms with Gasteiger partial charge in [0.25, 0.3) is 15.7 Å². The Morgan fingerprint density at radius 2 is 1.82 bits per heavy atom. The van der Waals surface area contributed by atoms with Crippen LogP contribution in [0.1, 0.15) is 4.88 Å². The summed E-state index contributed by atoms with van der Waals surface area (Å²) in [7, 11) is -6.91. The average molecular weight is 591 g/mol. The fraction of sp³-hybridized carbons (Fsp3) is 0.105. The van der Waals surface area contributed by atoms with Crippen molar-refractivity contribution < 1.29 is 22.3 Å². The second-order valence-electron chi connectivity index (χ2n) is 6.28. The predicted molar refractivity (Wildman–Crippen MR) is 131 cm³/mol. The van der Waals surface area contributed by atoms with Crippen LogP contribution >= 0.6 is 39.0 Å². The molecule has 0 bridgehead atoms. The Kier molecular flexibility index (Phi) is 7.63. The number of halogens is 1. The maximum atomic E-state index is 14.4. The van der Waals surface area contributed by atoms with Crippen molar-refractivity contribution in [3.63, 3.8) is 0 Å². The number of sulfonamides is 1. The molecular weight excluding hydrogens is 574 g/mol. The Morgan fingerprint density at radius 3 is 2.36 bits per heavy atom. The molecule has 2 aromatic carbocycles. The van der Waals surface area contributed by atoms with Crippen molar-refractivity contribution in [3.05, 3.63) is 74.1 Å². The molecule has 3 rings (SSSR count). The lowest BCUT2D eigenvalue weighted by Gasteiger charge is -2.12. The number of ether oxygens (including phenoxy) is 1. The maximum Gasteiger partial charge on any atom is 0.290 e. The van der Waals surface area contributed by atoms with Crippen molar-refractivity contribution in [2.75, 3.05) is 13.4 Å². The van der Waals surface area contributed by atoms with Gasteiger partial charge in [-0.15, -0.1) is 23.1 Å². The summed E-state index contributed by atoms with van der Waals surface area (Å²) in [6.45, 7) is 0. The summed E-state index contributed by atoms with van der Waals surface area (Å²) in [6, 6.07) is 11.9. The quantitative estimate of drug-likeness (QED) is 0.128. The van der Waals surface area contributed by atoms with Crippen LogP contribution in [-0.2, 0) is 24.5 Å². The van der Waals surface area contributed by atoms with E-state index in [-0.39, 0.29) is 26.3 Å². The predicted octanol–water partition coefficient (Wildman–Crippen LogP) is 5.39. The van der Waals surface area contributed by atoms with Gasteiger partial charge >= 0.3 is 0 Å². The van der Waals surface area contributed by atoms with Gasteiger partial charge in [0, 0.05) is 16.6 Å². The van der Waals surface area contributed by atoms with Crippen LogP contribution in [0.25, 0.3) is 0 Å². The van der Waals surface area contributed by atoms with E-state index < -0.39 is 24.7 Å². The van der Waals surface area contributed by atoms with Gasteiger partial charge < -0.3 is 4.74 Å². The molecule has 174 valence electrons. The van der Waals surface area contributed by atoms with Gasteiger partial charge in [0.1, 0.15) is 9.73 Å². The first kappa shape index (κ1) is 25.4. The number of thiophene rings is 1. The number of nitrogens with one attached hydrogen (secondary N) is 1. The Morgan fingerprint density at radius 1 is 1.15 bits per heavy atom. The summed E-state index contributed by atoms with van der Waals surface area (Å²) in [5.74, 6) is -0.157. The maximum absolute atomic E-state index is 14.4. The summed E-state index contributed by atoms with van der Waals surface area (Å²) in [5, 5.41) is 18.8. The minimum absolute atomic E-state index is 0.139. The standard InChI is InChI=1S/C19H16BrN3O6S4/c1-29-18(21)16-11-17(19(30-2)31-16)32(26,15-5-3-4-12(20)10-15)22-33(27,28)14-8-6-13(7-9-14)23(24)25/h3-11,21H,1-2H3. The third-order valence-corrected chi connectivity index (χ3v) is 11.6. The van der Waals surface area contributed by atoms with Crippen LogP contribution in [0.4, 0.5) is 5.69 Å². The monoisotopic (exact) mass is 589 g/mol. The lowest BCUT2D eigenvalue weighted by atomic mass is 10.3. The number of nitrogens with zero attached hydrogens (tertiary/aromatic N) is 2. The highest BCUT2D eigenvalue weighted by Gasteiger charge is 2.28. The molecule has 0 radical (unpaired) electrons. The van der Waals surface area contributed by atoms with Crippen molar-refractivity contribution in [2.24, 2.45) is 3.77 Å². The molecule has 0 amide bonds. The number of hydrogen-bond donors (Lipinski definition) is 1. The van der Waals surface area contributed by atoms with E-state index >= 15 is 0 Å². The molecule has 0 spiro atoms. The highest BCUT2D eigenvalue weighted by atomic mass is 79.9. The third kappa shape index (κ3) is 5.30. The first-order valence-electron chi connectivity index (χ1n) is 8.86. The van der Waals surface area contributed by atoms with E-state index in [1.807, 2.05) is 0 Å². The fourth-order valence-electron chi connectivity index (χ4n) is 2.68. The van der Waals surface area contributed by atoms with Crippen molar-refractivity contribution in [1.29, 1.82) is 5.41 Å². The van der Waals surface area contributed by atoms with E-state index in [9.17, 15) is 22.7 Å². The Hall–Kier alpha value is -2.26. The molecule has 33 heavy (non-hydrogen) atoms. The Labute approximate surface area is 207 Å². The molecule has 1 aromatic heterocycles. The summed E-state index contributed by atoms with van der Waals surface area (Å²) in [4.78, 5) is 10.6. The van der Waals surface area contributed by atoms with Crippen molar-refractivity contribution in [3.8, 4) is 0 Å². The number of benzene rings is 2. The molecule has 0 aliphatic carbocycles. The van der Waals surface area contributed by atoms with Gasteiger partial charge in [0.05, 0.1) is 35.8 Å². The molecule has 0 saturated heterocycles. The summed E-state index contributed by atoms with van der Waals surface area (Å²) in [6.07, 6.45) is 1.74. The molecule has 9 nitrogen and oxygen atoms in total. The van der Waals surface area contributed by atoms with Crippen LogP contribution in [-0.4, -0.2) is 36.8 Å². The summed E-state index contributed by atoms with van der Waals surface area (Å²) >= 11 is 5.69. The zero-order valence-electron chi connectivity index (χ0n) is 17.1. The van der Waals surface area contributed by atoms with Gasteiger partial charge in [0.15, 0.2) is 0 Å². The summed E-state index contributed by atoms with van der Waals surface area (Å²) in [5.41, 5.74) is -0.285. The molecule has 0 aliphatic heterocycles. The highest BCUT2D eigenvalue weighted by molar-refractivity contribution is 9.10. The molecule has 0 fully saturated rings. The smallest absolute Gasteiger partial charge is 0.290 e. The van der Waals surface area contributed by atoms with Gasteiger partial charge in [0.2, 0.25) is 5.90 Å². The van der Waals surface area contributed by atoms with Gasteiger partial charge in [-0.05, 0) is 42.7 Å². The number of nitro groups is 1. The molecule has 14 heteroatoms. The van der Waals surface area contributed by atoms with Crippen LogP contribution < -0.4 is 0 Å². The van der Waals surface area contributed by atoms with Gasteiger partial charge in [-0.2, -0.15) is 8.42 Å². The number of rotatable bonds is 7. The first-order chi connectivity index (χ1) is 15.5. The average Bonchev–Trinajstić information content (AvgIpc) is 3.23. The van der Waals surface area contributed by atoms with Crippen molar-refractivity contribution in [1.82, 2.24) is 0 Å². The molecular formula is C19H16BrN3O6S4. The van der Waals surface area contributed by atoms with Crippen molar-refractivity contribution >= 4 is 70.4 Å². The van der Waals surface area contributed by atoms with E-state index in [2.05, 4.69) is 19.7 Å². The topological polar surface area (TPSA) is 140 Å². The largest absolute Gasteiger partial charge is 0.480 e. The number of hydrogen-bond acceptors (Lipinski definition) is 9. The van der Waals surface area contributed by atoms with Crippen LogP contribution in [0.5, 0.6) is 0 Å². The molecule has 1 unspecified atom stereocenters. The van der Waals surface area contributed by atoms with Crippen LogP contribution in [0.15, 0.2) is 81.7 Å².